The molecule has 0 radical (unpaired) electrons. The summed E-state index contributed by atoms with van der Waals surface area (Å²) in [5.74, 6) is 1.02. The van der Waals surface area contributed by atoms with E-state index in [9.17, 15) is 13.2 Å². The minimum absolute atomic E-state index is 0.0437. The number of aliphatic hydroxyl groups excluding tert-OH is 1. The van der Waals surface area contributed by atoms with Crippen LogP contribution in [0.1, 0.15) is 12.0 Å². The van der Waals surface area contributed by atoms with Crippen LogP contribution in [0.5, 0.6) is 11.5 Å². The molecule has 0 saturated heterocycles. The summed E-state index contributed by atoms with van der Waals surface area (Å²) in [5.41, 5.74) is 0.585. The molecule has 0 fully saturated rings. The summed E-state index contributed by atoms with van der Waals surface area (Å²) >= 11 is 0. The molecule has 4 nitrogen and oxygen atoms in total. The second-order valence-corrected chi connectivity index (χ2v) is 4.00. The summed E-state index contributed by atoms with van der Waals surface area (Å²) in [7, 11) is 1.50. The summed E-state index contributed by atoms with van der Waals surface area (Å²) in [6.07, 6.45) is -3.99. The lowest BCUT2D eigenvalue weighted by Gasteiger charge is -2.12. The second kappa shape index (κ2) is 7.96. The van der Waals surface area contributed by atoms with Gasteiger partial charge in [0, 0.05) is 18.1 Å². The van der Waals surface area contributed by atoms with Crippen LogP contribution in [-0.4, -0.2) is 38.2 Å². The summed E-state index contributed by atoms with van der Waals surface area (Å²) < 4.78 is 50.3. The first-order chi connectivity index (χ1) is 9.46. The van der Waals surface area contributed by atoms with Crippen LogP contribution in [0.25, 0.3) is 0 Å². The molecule has 7 heteroatoms. The number of hydrogen-bond donors (Lipinski definition) is 1. The van der Waals surface area contributed by atoms with Gasteiger partial charge in [-0.25, -0.2) is 0 Å². The van der Waals surface area contributed by atoms with Crippen LogP contribution in [-0.2, 0) is 11.3 Å². The molecule has 0 aromatic heterocycles. The van der Waals surface area contributed by atoms with E-state index < -0.39 is 12.8 Å². The Morgan fingerprint density at radius 2 is 1.95 bits per heavy atom. The summed E-state index contributed by atoms with van der Waals surface area (Å²) in [4.78, 5) is 0. The van der Waals surface area contributed by atoms with E-state index >= 15 is 0 Å². The Hall–Kier alpha value is -1.47. The molecule has 1 aromatic rings. The quantitative estimate of drug-likeness (QED) is 0.749. The largest absolute Gasteiger partial charge is 0.497 e. The van der Waals surface area contributed by atoms with Gasteiger partial charge in [0.25, 0.3) is 0 Å². The van der Waals surface area contributed by atoms with Crippen molar-refractivity contribution < 1.29 is 32.5 Å². The van der Waals surface area contributed by atoms with E-state index in [1.165, 1.54) is 7.11 Å². The van der Waals surface area contributed by atoms with Gasteiger partial charge in [-0.1, -0.05) is 0 Å². The van der Waals surface area contributed by atoms with Crippen molar-refractivity contribution >= 4 is 0 Å². The molecule has 114 valence electrons. The highest BCUT2D eigenvalue weighted by Gasteiger charge is 2.27. The molecule has 0 aliphatic carbocycles. The maximum absolute atomic E-state index is 11.8. The standard InChI is InChI=1S/C13H17F3O4/c1-18-11-4-3-10(8-17)12(7-11)20-6-2-5-19-9-13(14,15)16/h3-4,7,17H,2,5-6,8-9H2,1H3. The number of rotatable bonds is 8. The van der Waals surface area contributed by atoms with Crippen molar-refractivity contribution in [3.63, 3.8) is 0 Å². The molecule has 0 aliphatic heterocycles. The first kappa shape index (κ1) is 16.6. The first-order valence-electron chi connectivity index (χ1n) is 6.01. The molecular formula is C13H17F3O4. The molecule has 0 spiro atoms. The van der Waals surface area contributed by atoms with E-state index in [2.05, 4.69) is 4.74 Å². The Balaban J connectivity index is 2.34. The van der Waals surface area contributed by atoms with E-state index in [1.54, 1.807) is 18.2 Å². The Kier molecular flexibility index (Phi) is 6.60. The molecule has 0 heterocycles. The number of hydrogen-bond acceptors (Lipinski definition) is 4. The predicted molar refractivity (Wildman–Crippen MR) is 65.9 cm³/mol. The van der Waals surface area contributed by atoms with Crippen molar-refractivity contribution in [2.45, 2.75) is 19.2 Å². The van der Waals surface area contributed by atoms with E-state index in [0.717, 1.165) is 0 Å². The summed E-state index contributed by atoms with van der Waals surface area (Å²) in [6, 6.07) is 4.96. The van der Waals surface area contributed by atoms with Crippen LogP contribution in [0.15, 0.2) is 18.2 Å². The zero-order valence-corrected chi connectivity index (χ0v) is 11.1. The normalized spacial score (nSPS) is 11.4. The van der Waals surface area contributed by atoms with Crippen molar-refractivity contribution in [1.82, 2.24) is 0 Å². The van der Waals surface area contributed by atoms with Crippen LogP contribution in [0.2, 0.25) is 0 Å². The summed E-state index contributed by atoms with van der Waals surface area (Å²) in [6.45, 7) is -1.30. The van der Waals surface area contributed by atoms with Crippen LogP contribution < -0.4 is 9.47 Å². The molecule has 0 bridgehead atoms. The summed E-state index contributed by atoms with van der Waals surface area (Å²) in [5, 5.41) is 9.14. The fourth-order valence-electron chi connectivity index (χ4n) is 1.46. The number of methoxy groups -OCH3 is 1. The monoisotopic (exact) mass is 294 g/mol. The topological polar surface area (TPSA) is 47.9 Å². The molecule has 1 aromatic carbocycles. The lowest BCUT2D eigenvalue weighted by Crippen LogP contribution is -2.18. The third-order valence-electron chi connectivity index (χ3n) is 2.40. The van der Waals surface area contributed by atoms with E-state index in [1.807, 2.05) is 0 Å². The number of benzene rings is 1. The maximum atomic E-state index is 11.8. The predicted octanol–water partition coefficient (Wildman–Crippen LogP) is 2.54. The van der Waals surface area contributed by atoms with Crippen LogP contribution >= 0.6 is 0 Å². The van der Waals surface area contributed by atoms with Gasteiger partial charge >= 0.3 is 6.18 Å². The SMILES string of the molecule is COc1ccc(CO)c(OCCCOCC(F)(F)F)c1. The van der Waals surface area contributed by atoms with Gasteiger partial charge in [0.05, 0.1) is 26.9 Å². The zero-order chi connectivity index (χ0) is 15.0. The number of alkyl halides is 3. The minimum Gasteiger partial charge on any atom is -0.497 e. The highest BCUT2D eigenvalue weighted by Crippen LogP contribution is 2.25. The van der Waals surface area contributed by atoms with Crippen molar-refractivity contribution in [3.8, 4) is 11.5 Å². The Morgan fingerprint density at radius 1 is 1.20 bits per heavy atom. The second-order valence-electron chi connectivity index (χ2n) is 4.00. The third-order valence-corrected chi connectivity index (χ3v) is 2.40. The number of aliphatic hydroxyl groups is 1. The van der Waals surface area contributed by atoms with Gasteiger partial charge in [-0.15, -0.1) is 0 Å². The molecule has 1 rings (SSSR count). The molecule has 0 aliphatic rings. The van der Waals surface area contributed by atoms with Crippen molar-refractivity contribution in [1.29, 1.82) is 0 Å². The Labute approximate surface area is 115 Å². The van der Waals surface area contributed by atoms with Crippen LogP contribution in [0.3, 0.4) is 0 Å². The fraction of sp³-hybridized carbons (Fsp3) is 0.538. The van der Waals surface area contributed by atoms with Gasteiger partial charge in [-0.05, 0) is 12.1 Å². The smallest absolute Gasteiger partial charge is 0.411 e. The van der Waals surface area contributed by atoms with Crippen molar-refractivity contribution in [2.24, 2.45) is 0 Å². The first-order valence-corrected chi connectivity index (χ1v) is 6.01. The van der Waals surface area contributed by atoms with Crippen molar-refractivity contribution in [2.75, 3.05) is 26.9 Å². The molecular weight excluding hydrogens is 277 g/mol. The molecule has 20 heavy (non-hydrogen) atoms. The minimum atomic E-state index is -4.31. The van der Waals surface area contributed by atoms with Gasteiger partial charge in [0.2, 0.25) is 0 Å². The van der Waals surface area contributed by atoms with Gasteiger partial charge in [-0.2, -0.15) is 13.2 Å². The fourth-order valence-corrected chi connectivity index (χ4v) is 1.46. The highest BCUT2D eigenvalue weighted by molar-refractivity contribution is 5.40. The highest BCUT2D eigenvalue weighted by atomic mass is 19.4. The zero-order valence-electron chi connectivity index (χ0n) is 11.1. The third kappa shape index (κ3) is 6.12. The van der Waals surface area contributed by atoms with E-state index in [-0.39, 0.29) is 19.8 Å². The average molecular weight is 294 g/mol. The molecule has 0 amide bonds. The van der Waals surface area contributed by atoms with Crippen LogP contribution in [0.4, 0.5) is 13.2 Å². The molecule has 0 atom stereocenters. The Bertz CT molecular complexity index is 407. The average Bonchev–Trinajstić information content (AvgIpc) is 2.41. The number of ether oxygens (including phenoxy) is 3. The number of halogens is 3. The van der Waals surface area contributed by atoms with Gasteiger partial charge in [0.15, 0.2) is 0 Å². The Morgan fingerprint density at radius 3 is 2.55 bits per heavy atom. The lowest BCUT2D eigenvalue weighted by molar-refractivity contribution is -0.174. The van der Waals surface area contributed by atoms with Crippen molar-refractivity contribution in [3.05, 3.63) is 23.8 Å². The van der Waals surface area contributed by atoms with Gasteiger partial charge < -0.3 is 19.3 Å². The van der Waals surface area contributed by atoms with E-state index in [0.29, 0.717) is 23.5 Å². The van der Waals surface area contributed by atoms with E-state index in [4.69, 9.17) is 14.6 Å². The van der Waals surface area contributed by atoms with Gasteiger partial charge in [0.1, 0.15) is 18.1 Å². The molecule has 0 unspecified atom stereocenters. The molecule has 1 N–H and O–H groups in total. The lowest BCUT2D eigenvalue weighted by atomic mass is 10.2. The van der Waals surface area contributed by atoms with Gasteiger partial charge in [-0.3, -0.25) is 0 Å². The van der Waals surface area contributed by atoms with Crippen LogP contribution in [0, 0.1) is 0 Å². The maximum Gasteiger partial charge on any atom is 0.411 e. The molecule has 0 saturated carbocycles.